The van der Waals surface area contributed by atoms with Crippen molar-refractivity contribution < 1.29 is 9.47 Å². The molecule has 0 radical (unpaired) electrons. The standard InChI is InChI=1S/C21H35N5O2S.HI/c1-22-20(23-9-6-17-16-29-21(24-17)26-10-2-3-11-26)25-12-7-18(8-13-25)28-15-19-5-4-14-27-19;/h16,18-19H,2-15H2,1H3,(H,22,23);1H. The van der Waals surface area contributed by atoms with E-state index >= 15 is 0 Å². The maximum atomic E-state index is 6.09. The Kier molecular flexibility index (Phi) is 9.92. The molecule has 0 amide bonds. The summed E-state index contributed by atoms with van der Waals surface area (Å²) < 4.78 is 11.7. The highest BCUT2D eigenvalue weighted by Gasteiger charge is 2.24. The van der Waals surface area contributed by atoms with Crippen LogP contribution in [0, 0.1) is 0 Å². The van der Waals surface area contributed by atoms with Gasteiger partial charge in [-0.15, -0.1) is 35.3 Å². The molecule has 0 spiro atoms. The lowest BCUT2D eigenvalue weighted by Gasteiger charge is -2.34. The van der Waals surface area contributed by atoms with Crippen molar-refractivity contribution in [3.8, 4) is 0 Å². The first-order valence-corrected chi connectivity index (χ1v) is 12.1. The predicted molar refractivity (Wildman–Crippen MR) is 134 cm³/mol. The summed E-state index contributed by atoms with van der Waals surface area (Å²) in [6.07, 6.45) is 8.63. The summed E-state index contributed by atoms with van der Waals surface area (Å²) >= 11 is 1.78. The Morgan fingerprint density at radius 1 is 1.23 bits per heavy atom. The van der Waals surface area contributed by atoms with Crippen molar-refractivity contribution in [1.29, 1.82) is 0 Å². The monoisotopic (exact) mass is 549 g/mol. The molecule has 0 aliphatic carbocycles. The van der Waals surface area contributed by atoms with E-state index in [1.807, 2.05) is 7.05 Å². The zero-order valence-electron chi connectivity index (χ0n) is 18.1. The van der Waals surface area contributed by atoms with E-state index in [-0.39, 0.29) is 24.0 Å². The second-order valence-corrected chi connectivity index (χ2v) is 9.03. The van der Waals surface area contributed by atoms with Gasteiger partial charge in [0.05, 0.1) is 24.5 Å². The van der Waals surface area contributed by atoms with E-state index in [0.717, 1.165) is 77.6 Å². The van der Waals surface area contributed by atoms with Crippen LogP contribution in [0.4, 0.5) is 5.13 Å². The molecule has 4 heterocycles. The first-order valence-electron chi connectivity index (χ1n) is 11.2. The molecule has 1 unspecified atom stereocenters. The van der Waals surface area contributed by atoms with Gasteiger partial charge >= 0.3 is 0 Å². The topological polar surface area (TPSA) is 62.2 Å². The second kappa shape index (κ2) is 12.4. The van der Waals surface area contributed by atoms with Crippen molar-refractivity contribution in [2.24, 2.45) is 4.99 Å². The van der Waals surface area contributed by atoms with E-state index in [1.165, 1.54) is 30.1 Å². The van der Waals surface area contributed by atoms with Crippen LogP contribution < -0.4 is 10.2 Å². The number of anilines is 1. The van der Waals surface area contributed by atoms with Crippen LogP contribution in [-0.4, -0.2) is 81.0 Å². The average molecular weight is 550 g/mol. The Morgan fingerprint density at radius 2 is 2.03 bits per heavy atom. The molecular weight excluding hydrogens is 513 g/mol. The second-order valence-electron chi connectivity index (χ2n) is 8.19. The van der Waals surface area contributed by atoms with Crippen LogP contribution in [0.2, 0.25) is 0 Å². The minimum atomic E-state index is 0. The number of aliphatic imine (C=N–C) groups is 1. The van der Waals surface area contributed by atoms with Gasteiger partial charge in [-0.2, -0.15) is 0 Å². The molecule has 1 aromatic rings. The molecule has 9 heteroatoms. The Bertz CT molecular complexity index is 654. The summed E-state index contributed by atoms with van der Waals surface area (Å²) in [6.45, 7) is 6.82. The molecule has 0 saturated carbocycles. The van der Waals surface area contributed by atoms with Crippen LogP contribution in [0.25, 0.3) is 0 Å². The number of aromatic nitrogens is 1. The van der Waals surface area contributed by atoms with E-state index in [0.29, 0.717) is 12.2 Å². The summed E-state index contributed by atoms with van der Waals surface area (Å²) in [5.41, 5.74) is 1.18. The smallest absolute Gasteiger partial charge is 0.193 e. The van der Waals surface area contributed by atoms with E-state index in [9.17, 15) is 0 Å². The molecule has 1 aromatic heterocycles. The van der Waals surface area contributed by atoms with Gasteiger partial charge in [0.2, 0.25) is 0 Å². The van der Waals surface area contributed by atoms with Crippen molar-refractivity contribution in [1.82, 2.24) is 15.2 Å². The van der Waals surface area contributed by atoms with Crippen molar-refractivity contribution in [3.05, 3.63) is 11.1 Å². The number of likely N-dealkylation sites (tertiary alicyclic amines) is 1. The lowest BCUT2D eigenvalue weighted by atomic mass is 10.1. The molecule has 7 nitrogen and oxygen atoms in total. The first kappa shape index (κ1) is 24.0. The third kappa shape index (κ3) is 6.67. The highest BCUT2D eigenvalue weighted by molar-refractivity contribution is 14.0. The van der Waals surface area contributed by atoms with Crippen LogP contribution in [0.1, 0.15) is 44.2 Å². The molecule has 3 aliphatic rings. The number of hydrogen-bond acceptors (Lipinski definition) is 6. The number of nitrogens with zero attached hydrogens (tertiary/aromatic N) is 4. The van der Waals surface area contributed by atoms with Crippen molar-refractivity contribution >= 4 is 46.4 Å². The van der Waals surface area contributed by atoms with Crippen LogP contribution in [0.15, 0.2) is 10.4 Å². The fourth-order valence-corrected chi connectivity index (χ4v) is 5.27. The highest BCUT2D eigenvalue weighted by atomic mass is 127. The van der Waals surface area contributed by atoms with Crippen LogP contribution in [-0.2, 0) is 15.9 Å². The largest absolute Gasteiger partial charge is 0.376 e. The van der Waals surface area contributed by atoms with Gasteiger partial charge in [0.15, 0.2) is 11.1 Å². The lowest BCUT2D eigenvalue weighted by Crippen LogP contribution is -2.47. The number of hydrogen-bond donors (Lipinski definition) is 1. The Labute approximate surface area is 201 Å². The lowest BCUT2D eigenvalue weighted by molar-refractivity contribution is -0.0367. The summed E-state index contributed by atoms with van der Waals surface area (Å²) in [7, 11) is 1.87. The van der Waals surface area contributed by atoms with Gasteiger partial charge in [0.25, 0.3) is 0 Å². The number of rotatable bonds is 7. The molecule has 3 fully saturated rings. The fraction of sp³-hybridized carbons (Fsp3) is 0.810. The van der Waals surface area contributed by atoms with Gasteiger partial charge in [0.1, 0.15) is 0 Å². The maximum Gasteiger partial charge on any atom is 0.193 e. The zero-order chi connectivity index (χ0) is 19.9. The summed E-state index contributed by atoms with van der Waals surface area (Å²) in [4.78, 5) is 14.1. The van der Waals surface area contributed by atoms with Crippen LogP contribution >= 0.6 is 35.3 Å². The van der Waals surface area contributed by atoms with Crippen molar-refractivity contribution in [2.75, 3.05) is 57.9 Å². The average Bonchev–Trinajstić information content (AvgIpc) is 3.52. The van der Waals surface area contributed by atoms with E-state index in [4.69, 9.17) is 14.5 Å². The van der Waals surface area contributed by atoms with Crippen molar-refractivity contribution in [2.45, 2.75) is 57.2 Å². The third-order valence-electron chi connectivity index (χ3n) is 6.08. The van der Waals surface area contributed by atoms with Gasteiger partial charge in [-0.25, -0.2) is 4.98 Å². The van der Waals surface area contributed by atoms with Gasteiger partial charge < -0.3 is 24.6 Å². The number of halogens is 1. The molecule has 3 saturated heterocycles. The zero-order valence-corrected chi connectivity index (χ0v) is 21.2. The quantitative estimate of drug-likeness (QED) is 0.321. The number of guanidine groups is 1. The number of thiazole rings is 1. The minimum Gasteiger partial charge on any atom is -0.376 e. The number of piperidine rings is 1. The predicted octanol–water partition coefficient (Wildman–Crippen LogP) is 3.14. The Morgan fingerprint density at radius 3 is 2.73 bits per heavy atom. The number of nitrogens with one attached hydrogen (secondary N) is 1. The SMILES string of the molecule is CN=C(NCCc1csc(N2CCCC2)n1)N1CCC(OCC2CCCO2)CC1.I. The molecule has 1 atom stereocenters. The molecule has 4 rings (SSSR count). The fourth-order valence-electron chi connectivity index (χ4n) is 4.35. The Balaban J connectivity index is 0.00000256. The molecule has 3 aliphatic heterocycles. The van der Waals surface area contributed by atoms with Crippen LogP contribution in [0.3, 0.4) is 0 Å². The van der Waals surface area contributed by atoms with E-state index < -0.39 is 0 Å². The van der Waals surface area contributed by atoms with Gasteiger partial charge in [-0.1, -0.05) is 0 Å². The Hall–Kier alpha value is -0.650. The summed E-state index contributed by atoms with van der Waals surface area (Å²) in [6, 6.07) is 0. The molecule has 0 bridgehead atoms. The molecule has 0 aromatic carbocycles. The van der Waals surface area contributed by atoms with Gasteiger partial charge in [-0.3, -0.25) is 4.99 Å². The summed E-state index contributed by atoms with van der Waals surface area (Å²) in [5, 5.41) is 6.91. The summed E-state index contributed by atoms with van der Waals surface area (Å²) in [5.74, 6) is 0.998. The van der Waals surface area contributed by atoms with Crippen molar-refractivity contribution in [3.63, 3.8) is 0 Å². The third-order valence-corrected chi connectivity index (χ3v) is 7.03. The molecule has 30 heavy (non-hydrogen) atoms. The molecular formula is C21H36IN5O2S. The first-order chi connectivity index (χ1) is 14.3. The van der Waals surface area contributed by atoms with Crippen LogP contribution in [0.5, 0.6) is 0 Å². The van der Waals surface area contributed by atoms with E-state index in [2.05, 4.69) is 25.5 Å². The molecule has 170 valence electrons. The maximum absolute atomic E-state index is 6.09. The minimum absolute atomic E-state index is 0. The molecule has 1 N–H and O–H groups in total. The van der Waals surface area contributed by atoms with Gasteiger partial charge in [-0.05, 0) is 38.5 Å². The highest BCUT2D eigenvalue weighted by Crippen LogP contribution is 2.24. The number of ether oxygens (including phenoxy) is 2. The van der Waals surface area contributed by atoms with Gasteiger partial charge in [0, 0.05) is 58.2 Å². The normalized spacial score (nSPS) is 23.1. The van der Waals surface area contributed by atoms with E-state index in [1.54, 1.807) is 11.3 Å².